The molecule has 1 aromatic rings. The van der Waals surface area contributed by atoms with Crippen molar-refractivity contribution in [2.75, 3.05) is 11.4 Å². The van der Waals surface area contributed by atoms with E-state index in [-0.39, 0.29) is 17.2 Å². The smallest absolute Gasteiger partial charge is 0.327 e. The molecule has 3 rings (SSSR count). The molecule has 1 saturated heterocycles. The van der Waals surface area contributed by atoms with Crippen LogP contribution in [-0.4, -0.2) is 27.0 Å². The van der Waals surface area contributed by atoms with Crippen LogP contribution in [0.2, 0.25) is 0 Å². The SMILES string of the molecule is CC1(CC(F)(F)F)CCN2C1=NS(=O)(=O)c1ccccc12. The first-order valence-electron chi connectivity index (χ1n) is 6.41. The van der Waals surface area contributed by atoms with Gasteiger partial charge in [0.15, 0.2) is 0 Å². The van der Waals surface area contributed by atoms with E-state index in [1.165, 1.54) is 13.0 Å². The molecule has 0 radical (unpaired) electrons. The first-order valence-corrected chi connectivity index (χ1v) is 7.85. The van der Waals surface area contributed by atoms with Crippen LogP contribution in [0, 0.1) is 5.41 Å². The molecule has 114 valence electrons. The van der Waals surface area contributed by atoms with E-state index < -0.39 is 28.0 Å². The fraction of sp³-hybridized carbons (Fsp3) is 0.462. The molecular weight excluding hydrogens is 305 g/mol. The maximum absolute atomic E-state index is 12.8. The fourth-order valence-corrected chi connectivity index (χ4v) is 4.31. The number of nitrogens with zero attached hydrogens (tertiary/aromatic N) is 2. The van der Waals surface area contributed by atoms with E-state index in [9.17, 15) is 21.6 Å². The van der Waals surface area contributed by atoms with Gasteiger partial charge in [0.25, 0.3) is 10.0 Å². The van der Waals surface area contributed by atoms with E-state index in [0.29, 0.717) is 12.2 Å². The Morgan fingerprint density at radius 1 is 1.33 bits per heavy atom. The number of alkyl halides is 3. The number of halogens is 3. The zero-order chi connectivity index (χ0) is 15.5. The molecule has 0 bridgehead atoms. The Balaban J connectivity index is 2.13. The van der Waals surface area contributed by atoms with Crippen molar-refractivity contribution >= 4 is 21.5 Å². The number of hydrogen-bond acceptors (Lipinski definition) is 3. The summed E-state index contributed by atoms with van der Waals surface area (Å²) in [5, 5.41) is 0. The van der Waals surface area contributed by atoms with Crippen LogP contribution >= 0.6 is 0 Å². The van der Waals surface area contributed by atoms with Crippen LogP contribution in [0.25, 0.3) is 0 Å². The molecule has 1 atom stereocenters. The lowest BCUT2D eigenvalue weighted by Crippen LogP contribution is -2.39. The highest BCUT2D eigenvalue weighted by atomic mass is 32.2. The highest BCUT2D eigenvalue weighted by Gasteiger charge is 2.51. The Bertz CT molecular complexity index is 727. The highest BCUT2D eigenvalue weighted by Crippen LogP contribution is 2.47. The number of amidine groups is 1. The lowest BCUT2D eigenvalue weighted by atomic mass is 9.84. The monoisotopic (exact) mass is 318 g/mol. The second-order valence-corrected chi connectivity index (χ2v) is 7.18. The van der Waals surface area contributed by atoms with E-state index in [0.717, 1.165) is 0 Å². The molecule has 0 aliphatic carbocycles. The van der Waals surface area contributed by atoms with Crippen LogP contribution in [0.5, 0.6) is 0 Å². The zero-order valence-electron chi connectivity index (χ0n) is 11.2. The summed E-state index contributed by atoms with van der Waals surface area (Å²) in [6, 6.07) is 6.25. The molecule has 4 nitrogen and oxygen atoms in total. The van der Waals surface area contributed by atoms with Gasteiger partial charge in [0, 0.05) is 12.0 Å². The van der Waals surface area contributed by atoms with Crippen molar-refractivity contribution in [2.24, 2.45) is 9.81 Å². The van der Waals surface area contributed by atoms with Crippen molar-refractivity contribution < 1.29 is 21.6 Å². The minimum atomic E-state index is -4.37. The Morgan fingerprint density at radius 2 is 2.00 bits per heavy atom. The number of rotatable bonds is 1. The predicted molar refractivity (Wildman–Crippen MR) is 71.8 cm³/mol. The minimum absolute atomic E-state index is 0.00137. The van der Waals surface area contributed by atoms with E-state index in [2.05, 4.69) is 4.40 Å². The summed E-state index contributed by atoms with van der Waals surface area (Å²) >= 11 is 0. The van der Waals surface area contributed by atoms with Crippen LogP contribution in [0.3, 0.4) is 0 Å². The predicted octanol–water partition coefficient (Wildman–Crippen LogP) is 2.96. The Kier molecular flexibility index (Phi) is 2.89. The normalized spacial score (nSPS) is 27.0. The quantitative estimate of drug-likeness (QED) is 0.800. The van der Waals surface area contributed by atoms with Crippen LogP contribution in [0.1, 0.15) is 19.8 Å². The molecule has 1 fully saturated rings. The molecule has 0 amide bonds. The molecule has 8 heteroatoms. The Morgan fingerprint density at radius 3 is 2.67 bits per heavy atom. The van der Waals surface area contributed by atoms with Gasteiger partial charge in [0.05, 0.1) is 12.1 Å². The Hall–Kier alpha value is -1.57. The summed E-state index contributed by atoms with van der Waals surface area (Å²) in [5.74, 6) is -0.00137. The van der Waals surface area contributed by atoms with Gasteiger partial charge in [0.2, 0.25) is 0 Å². The third kappa shape index (κ3) is 2.31. The van der Waals surface area contributed by atoms with Crippen molar-refractivity contribution in [2.45, 2.75) is 30.8 Å². The molecule has 1 aromatic carbocycles. The van der Waals surface area contributed by atoms with E-state index in [1.807, 2.05) is 0 Å². The van der Waals surface area contributed by atoms with Crippen molar-refractivity contribution in [1.82, 2.24) is 0 Å². The topological polar surface area (TPSA) is 49.7 Å². The number of anilines is 1. The molecule has 2 heterocycles. The summed E-state index contributed by atoms with van der Waals surface area (Å²) in [5.41, 5.74) is -0.896. The van der Waals surface area contributed by atoms with Gasteiger partial charge in [-0.2, -0.15) is 21.6 Å². The summed E-state index contributed by atoms with van der Waals surface area (Å²) in [4.78, 5) is 1.63. The molecule has 2 aliphatic rings. The average Bonchev–Trinajstić information content (AvgIpc) is 2.64. The molecule has 0 aromatic heterocycles. The van der Waals surface area contributed by atoms with Crippen LogP contribution < -0.4 is 4.90 Å². The van der Waals surface area contributed by atoms with Gasteiger partial charge in [-0.3, -0.25) is 0 Å². The van der Waals surface area contributed by atoms with Crippen molar-refractivity contribution in [3.05, 3.63) is 24.3 Å². The summed E-state index contributed by atoms with van der Waals surface area (Å²) in [6.07, 6.45) is -5.23. The van der Waals surface area contributed by atoms with E-state index >= 15 is 0 Å². The van der Waals surface area contributed by atoms with Crippen molar-refractivity contribution in [1.29, 1.82) is 0 Å². The molecular formula is C13H13F3N2O2S. The number of fused-ring (bicyclic) bond motifs is 3. The first kappa shape index (κ1) is 14.4. The molecule has 0 spiro atoms. The standard InChI is InChI=1S/C13H13F3N2O2S/c1-12(8-13(14,15)16)6-7-18-9-4-2-3-5-10(9)21(19,20)17-11(12)18/h2-5H,6-8H2,1H3. The molecule has 0 saturated carbocycles. The molecule has 21 heavy (non-hydrogen) atoms. The summed E-state index contributed by atoms with van der Waals surface area (Å²) in [7, 11) is -3.94. The van der Waals surface area contributed by atoms with Gasteiger partial charge in [-0.05, 0) is 18.6 Å². The molecule has 1 unspecified atom stereocenters. The number of hydrogen-bond donors (Lipinski definition) is 0. The van der Waals surface area contributed by atoms with Gasteiger partial charge < -0.3 is 4.90 Å². The second-order valence-electron chi connectivity index (χ2n) is 5.61. The number of sulfonamides is 1. The maximum atomic E-state index is 12.8. The van der Waals surface area contributed by atoms with Gasteiger partial charge in [-0.25, -0.2) is 0 Å². The number of para-hydroxylation sites is 1. The minimum Gasteiger partial charge on any atom is -0.327 e. The highest BCUT2D eigenvalue weighted by molar-refractivity contribution is 7.90. The molecule has 0 N–H and O–H groups in total. The van der Waals surface area contributed by atoms with Crippen LogP contribution in [-0.2, 0) is 10.0 Å². The van der Waals surface area contributed by atoms with Crippen molar-refractivity contribution in [3.63, 3.8) is 0 Å². The maximum Gasteiger partial charge on any atom is 0.390 e. The van der Waals surface area contributed by atoms with Gasteiger partial charge in [-0.1, -0.05) is 19.1 Å². The lowest BCUT2D eigenvalue weighted by Gasteiger charge is -2.31. The zero-order valence-corrected chi connectivity index (χ0v) is 12.0. The van der Waals surface area contributed by atoms with Gasteiger partial charge in [-0.15, -0.1) is 4.40 Å². The average molecular weight is 318 g/mol. The third-order valence-electron chi connectivity index (χ3n) is 3.91. The van der Waals surface area contributed by atoms with Gasteiger partial charge >= 0.3 is 6.18 Å². The van der Waals surface area contributed by atoms with Gasteiger partial charge in [0.1, 0.15) is 10.7 Å². The summed E-state index contributed by atoms with van der Waals surface area (Å²) in [6.45, 7) is 1.75. The van der Waals surface area contributed by atoms with Crippen LogP contribution in [0.4, 0.5) is 18.9 Å². The number of benzene rings is 1. The van der Waals surface area contributed by atoms with E-state index in [1.54, 1.807) is 23.1 Å². The largest absolute Gasteiger partial charge is 0.390 e. The third-order valence-corrected chi connectivity index (χ3v) is 5.23. The summed E-state index contributed by atoms with van der Waals surface area (Å²) < 4.78 is 66.3. The fourth-order valence-electron chi connectivity index (χ4n) is 2.97. The van der Waals surface area contributed by atoms with Crippen molar-refractivity contribution in [3.8, 4) is 0 Å². The van der Waals surface area contributed by atoms with E-state index in [4.69, 9.17) is 0 Å². The second kappa shape index (κ2) is 4.22. The Labute approximate surface area is 120 Å². The lowest BCUT2D eigenvalue weighted by molar-refractivity contribution is -0.148. The first-order chi connectivity index (χ1) is 9.62. The van der Waals surface area contributed by atoms with Crippen LogP contribution in [0.15, 0.2) is 33.6 Å². The molecule has 2 aliphatic heterocycles.